The van der Waals surface area contributed by atoms with Crippen LogP contribution in [0.3, 0.4) is 0 Å². The summed E-state index contributed by atoms with van der Waals surface area (Å²) in [6.45, 7) is 0. The molecule has 0 bridgehead atoms. The zero-order chi connectivity index (χ0) is 13.0. The smallest absolute Gasteiger partial charge is 0.240 e. The van der Waals surface area contributed by atoms with Gasteiger partial charge in [-0.2, -0.15) is 16.4 Å². The molecule has 1 atom stereocenters. The van der Waals surface area contributed by atoms with Crippen LogP contribution < -0.4 is 5.43 Å². The normalized spacial score (nSPS) is 22.3. The van der Waals surface area contributed by atoms with E-state index < -0.39 is 9.84 Å². The molecule has 0 saturated carbocycles. The van der Waals surface area contributed by atoms with Gasteiger partial charge in [0.2, 0.25) is 5.91 Å². The third kappa shape index (κ3) is 3.92. The van der Waals surface area contributed by atoms with Crippen LogP contribution in [0.4, 0.5) is 0 Å². The minimum absolute atomic E-state index is 0.0636. The Morgan fingerprint density at radius 3 is 3.06 bits per heavy atom. The van der Waals surface area contributed by atoms with Crippen molar-refractivity contribution in [1.82, 2.24) is 5.43 Å². The van der Waals surface area contributed by atoms with Gasteiger partial charge in [-0.25, -0.2) is 13.8 Å². The van der Waals surface area contributed by atoms with E-state index in [0.29, 0.717) is 6.42 Å². The van der Waals surface area contributed by atoms with Crippen molar-refractivity contribution in [3.05, 3.63) is 22.4 Å². The van der Waals surface area contributed by atoms with Gasteiger partial charge in [-0.1, -0.05) is 0 Å². The van der Waals surface area contributed by atoms with E-state index in [9.17, 15) is 13.2 Å². The van der Waals surface area contributed by atoms with Gasteiger partial charge in [0.15, 0.2) is 9.84 Å². The number of nitrogens with zero attached hydrogens (tertiary/aromatic N) is 1. The summed E-state index contributed by atoms with van der Waals surface area (Å²) in [5.41, 5.74) is 3.35. The molecule has 0 unspecified atom stereocenters. The van der Waals surface area contributed by atoms with Crippen LogP contribution in [-0.4, -0.2) is 32.0 Å². The Morgan fingerprint density at radius 1 is 1.61 bits per heavy atom. The molecule has 7 heteroatoms. The highest BCUT2D eigenvalue weighted by Gasteiger charge is 2.29. The maximum Gasteiger partial charge on any atom is 0.240 e. The predicted octanol–water partition coefficient (Wildman–Crippen LogP) is 1.02. The van der Waals surface area contributed by atoms with Crippen LogP contribution in [0.15, 0.2) is 21.9 Å². The quantitative estimate of drug-likeness (QED) is 0.663. The first-order chi connectivity index (χ1) is 8.55. The molecule has 0 aromatic carbocycles. The van der Waals surface area contributed by atoms with Gasteiger partial charge in [-0.05, 0) is 29.2 Å². The van der Waals surface area contributed by atoms with Crippen molar-refractivity contribution in [3.8, 4) is 0 Å². The van der Waals surface area contributed by atoms with Gasteiger partial charge in [0.25, 0.3) is 0 Å². The Bertz CT molecular complexity index is 535. The molecule has 2 heterocycles. The number of hydrogen-bond donors (Lipinski definition) is 1. The molecule has 2 rings (SSSR count). The van der Waals surface area contributed by atoms with Crippen LogP contribution in [0.25, 0.3) is 0 Å². The highest BCUT2D eigenvalue weighted by Crippen LogP contribution is 2.21. The van der Waals surface area contributed by atoms with Crippen LogP contribution >= 0.6 is 11.3 Å². The Labute approximate surface area is 110 Å². The van der Waals surface area contributed by atoms with E-state index in [2.05, 4.69) is 10.5 Å². The lowest BCUT2D eigenvalue weighted by Crippen LogP contribution is -2.21. The van der Waals surface area contributed by atoms with Crippen molar-refractivity contribution in [2.45, 2.75) is 12.8 Å². The summed E-state index contributed by atoms with van der Waals surface area (Å²) >= 11 is 1.55. The minimum atomic E-state index is -2.91. The Hall–Kier alpha value is -1.21. The second kappa shape index (κ2) is 5.62. The van der Waals surface area contributed by atoms with Crippen molar-refractivity contribution in [2.75, 3.05) is 11.5 Å². The van der Waals surface area contributed by atoms with Crippen LogP contribution in [0.2, 0.25) is 0 Å². The third-order valence-electron chi connectivity index (χ3n) is 2.75. The van der Waals surface area contributed by atoms with E-state index in [-0.39, 0.29) is 29.8 Å². The second-order valence-corrected chi connectivity index (χ2v) is 7.33. The first-order valence-corrected chi connectivity index (χ1v) is 8.36. The number of rotatable bonds is 4. The minimum Gasteiger partial charge on any atom is -0.273 e. The van der Waals surface area contributed by atoms with Crippen LogP contribution in [0.5, 0.6) is 0 Å². The molecule has 18 heavy (non-hydrogen) atoms. The van der Waals surface area contributed by atoms with Gasteiger partial charge < -0.3 is 0 Å². The molecule has 1 fully saturated rings. The molecule has 98 valence electrons. The van der Waals surface area contributed by atoms with Crippen molar-refractivity contribution in [3.63, 3.8) is 0 Å². The fourth-order valence-corrected chi connectivity index (χ4v) is 4.34. The summed E-state index contributed by atoms with van der Waals surface area (Å²) in [7, 11) is -2.91. The average molecular weight is 286 g/mol. The van der Waals surface area contributed by atoms with Crippen molar-refractivity contribution in [1.29, 1.82) is 0 Å². The van der Waals surface area contributed by atoms with E-state index in [4.69, 9.17) is 0 Å². The van der Waals surface area contributed by atoms with E-state index >= 15 is 0 Å². The van der Waals surface area contributed by atoms with Crippen LogP contribution in [0, 0.1) is 5.92 Å². The Morgan fingerprint density at radius 2 is 2.44 bits per heavy atom. The average Bonchev–Trinajstić information content (AvgIpc) is 2.88. The number of sulfone groups is 1. The molecule has 5 nitrogen and oxygen atoms in total. The highest BCUT2D eigenvalue weighted by molar-refractivity contribution is 7.91. The number of carbonyl (C=O) groups excluding carboxylic acids is 1. The summed E-state index contributed by atoms with van der Waals surface area (Å²) in [5.74, 6) is 0.0209. The first-order valence-electron chi connectivity index (χ1n) is 5.60. The van der Waals surface area contributed by atoms with Crippen molar-refractivity contribution >= 4 is 33.3 Å². The van der Waals surface area contributed by atoms with Crippen molar-refractivity contribution in [2.24, 2.45) is 11.0 Å². The standard InChI is InChI=1S/C11H14N2O3S2/c14-11(5-9-2-4-18(15,16)8-9)13-12-6-10-1-3-17-7-10/h1,3,6-7,9H,2,4-5,8H2,(H,13,14)/b12-6-/t9-/m1/s1. The number of carbonyl (C=O) groups is 1. The summed E-state index contributed by atoms with van der Waals surface area (Å²) in [5, 5.41) is 7.66. The number of hydrazone groups is 1. The molecular weight excluding hydrogens is 272 g/mol. The van der Waals surface area contributed by atoms with Crippen molar-refractivity contribution < 1.29 is 13.2 Å². The molecule has 1 saturated heterocycles. The summed E-state index contributed by atoms with van der Waals surface area (Å²) < 4.78 is 22.5. The topological polar surface area (TPSA) is 75.6 Å². The predicted molar refractivity (Wildman–Crippen MR) is 71.4 cm³/mol. The zero-order valence-corrected chi connectivity index (χ0v) is 11.3. The second-order valence-electron chi connectivity index (χ2n) is 4.32. The SMILES string of the molecule is O=C(C[C@H]1CCS(=O)(=O)C1)N/N=C\c1ccsc1. The molecule has 1 amide bonds. The number of hydrogen-bond acceptors (Lipinski definition) is 5. The molecule has 1 aromatic rings. The fraction of sp³-hybridized carbons (Fsp3) is 0.455. The monoisotopic (exact) mass is 286 g/mol. The van der Waals surface area contributed by atoms with Gasteiger partial charge in [0, 0.05) is 12.0 Å². The molecule has 1 aromatic heterocycles. The maximum absolute atomic E-state index is 11.5. The lowest BCUT2D eigenvalue weighted by atomic mass is 10.1. The zero-order valence-electron chi connectivity index (χ0n) is 9.70. The lowest BCUT2D eigenvalue weighted by Gasteiger charge is -2.04. The summed E-state index contributed by atoms with van der Waals surface area (Å²) in [6.07, 6.45) is 2.37. The fourth-order valence-electron chi connectivity index (χ4n) is 1.87. The molecular formula is C11H14N2O3S2. The molecule has 1 aliphatic heterocycles. The summed E-state index contributed by atoms with van der Waals surface area (Å²) in [4.78, 5) is 11.5. The van der Waals surface area contributed by atoms with E-state index in [1.807, 2.05) is 16.8 Å². The van der Waals surface area contributed by atoms with Gasteiger partial charge in [0.05, 0.1) is 17.7 Å². The number of nitrogens with one attached hydrogen (secondary N) is 1. The summed E-state index contributed by atoms with van der Waals surface area (Å²) in [6, 6.07) is 1.89. The first kappa shape index (κ1) is 13.2. The van der Waals surface area contributed by atoms with E-state index in [0.717, 1.165) is 5.56 Å². The number of thiophene rings is 1. The molecule has 1 aliphatic rings. The highest BCUT2D eigenvalue weighted by atomic mass is 32.2. The van der Waals surface area contributed by atoms with E-state index in [1.165, 1.54) is 0 Å². The Balaban J connectivity index is 1.76. The van der Waals surface area contributed by atoms with Crippen LogP contribution in [0.1, 0.15) is 18.4 Å². The van der Waals surface area contributed by atoms with E-state index in [1.54, 1.807) is 17.6 Å². The van der Waals surface area contributed by atoms with Gasteiger partial charge >= 0.3 is 0 Å². The largest absolute Gasteiger partial charge is 0.273 e. The molecule has 0 aliphatic carbocycles. The van der Waals surface area contributed by atoms with Gasteiger partial charge in [-0.3, -0.25) is 4.79 Å². The van der Waals surface area contributed by atoms with Gasteiger partial charge in [-0.15, -0.1) is 0 Å². The molecule has 0 spiro atoms. The van der Waals surface area contributed by atoms with Crippen LogP contribution in [-0.2, 0) is 14.6 Å². The maximum atomic E-state index is 11.5. The third-order valence-corrected chi connectivity index (χ3v) is 5.29. The van der Waals surface area contributed by atoms with Gasteiger partial charge in [0.1, 0.15) is 0 Å². The molecule has 0 radical (unpaired) electrons. The number of amides is 1. The lowest BCUT2D eigenvalue weighted by molar-refractivity contribution is -0.121. The molecule has 1 N–H and O–H groups in total. The Kier molecular flexibility index (Phi) is 4.13.